The van der Waals surface area contributed by atoms with Crippen molar-refractivity contribution < 1.29 is 14.3 Å². The van der Waals surface area contributed by atoms with Gasteiger partial charge in [-0.05, 0) is 35.2 Å². The van der Waals surface area contributed by atoms with Crippen molar-refractivity contribution in [2.45, 2.75) is 44.4 Å². The summed E-state index contributed by atoms with van der Waals surface area (Å²) in [6.45, 7) is 2.21. The first-order valence-corrected chi connectivity index (χ1v) is 8.28. The molecule has 1 aliphatic carbocycles. The van der Waals surface area contributed by atoms with Crippen molar-refractivity contribution in [2.75, 3.05) is 6.61 Å². The minimum Gasteiger partial charge on any atom is -0.376 e. The molecule has 1 aliphatic heterocycles. The highest BCUT2D eigenvalue weighted by molar-refractivity contribution is 7.07. The number of ether oxygens (including phenoxy) is 1. The predicted octanol–water partition coefficient (Wildman–Crippen LogP) is 1.09. The lowest BCUT2D eigenvalue weighted by atomic mass is 9.71. The molecule has 1 aromatic rings. The van der Waals surface area contributed by atoms with E-state index in [1.165, 1.54) is 12.5 Å². The fourth-order valence-corrected chi connectivity index (χ4v) is 3.96. The van der Waals surface area contributed by atoms with Crippen LogP contribution >= 0.6 is 11.3 Å². The summed E-state index contributed by atoms with van der Waals surface area (Å²) in [5.41, 5.74) is 1.20. The topological polar surface area (TPSA) is 67.4 Å². The molecular formula is C15H20N2O3S. The van der Waals surface area contributed by atoms with Gasteiger partial charge in [0.2, 0.25) is 11.8 Å². The van der Waals surface area contributed by atoms with Crippen LogP contribution in [0.3, 0.4) is 0 Å². The summed E-state index contributed by atoms with van der Waals surface area (Å²) in [6.07, 6.45) is 2.27. The van der Waals surface area contributed by atoms with Crippen LogP contribution in [0.15, 0.2) is 16.8 Å². The van der Waals surface area contributed by atoms with Gasteiger partial charge in [0.1, 0.15) is 0 Å². The molecule has 1 saturated heterocycles. The van der Waals surface area contributed by atoms with Crippen LogP contribution in [0.5, 0.6) is 0 Å². The highest BCUT2D eigenvalue weighted by Gasteiger charge is 2.54. The van der Waals surface area contributed by atoms with Crippen LogP contribution in [0.1, 0.15) is 25.3 Å². The minimum absolute atomic E-state index is 0.0105. The number of rotatable bonds is 5. The third-order valence-electron chi connectivity index (χ3n) is 4.30. The summed E-state index contributed by atoms with van der Waals surface area (Å²) in [6, 6.07) is 1.97. The molecule has 0 unspecified atom stereocenters. The standard InChI is InChI=1S/C15H20N2O3S/c1-9(18)16-14-13(11-4-6-20-15(11)14)17-12(19)3-2-10-5-7-21-8-10/h5,7-8,11,13-15H,2-4,6H2,1H3,(H,16,18)(H,17,19)/t11-,13+,14-,15-/m0/s1. The number of amides is 2. The van der Waals surface area contributed by atoms with Crippen molar-refractivity contribution in [3.05, 3.63) is 22.4 Å². The van der Waals surface area contributed by atoms with Crippen molar-refractivity contribution in [3.8, 4) is 0 Å². The highest BCUT2D eigenvalue weighted by atomic mass is 32.1. The Morgan fingerprint density at radius 2 is 2.24 bits per heavy atom. The fourth-order valence-electron chi connectivity index (χ4n) is 3.26. The Hall–Kier alpha value is -1.40. The van der Waals surface area contributed by atoms with E-state index < -0.39 is 0 Å². The largest absolute Gasteiger partial charge is 0.376 e. The van der Waals surface area contributed by atoms with Crippen molar-refractivity contribution >= 4 is 23.2 Å². The van der Waals surface area contributed by atoms with Crippen LogP contribution < -0.4 is 10.6 Å². The first-order valence-electron chi connectivity index (χ1n) is 7.34. The van der Waals surface area contributed by atoms with Crippen LogP contribution in [-0.2, 0) is 20.7 Å². The van der Waals surface area contributed by atoms with Crippen molar-refractivity contribution in [3.63, 3.8) is 0 Å². The molecule has 21 heavy (non-hydrogen) atoms. The number of aryl methyl sites for hydroxylation is 1. The van der Waals surface area contributed by atoms with Gasteiger partial charge in [0, 0.05) is 25.9 Å². The van der Waals surface area contributed by atoms with Gasteiger partial charge in [-0.2, -0.15) is 11.3 Å². The number of hydrogen-bond acceptors (Lipinski definition) is 4. The molecule has 0 spiro atoms. The van der Waals surface area contributed by atoms with Gasteiger partial charge in [-0.1, -0.05) is 0 Å². The Kier molecular flexibility index (Phi) is 4.26. The Labute approximate surface area is 128 Å². The molecule has 1 aromatic heterocycles. The monoisotopic (exact) mass is 308 g/mol. The first kappa shape index (κ1) is 14.5. The first-order chi connectivity index (χ1) is 10.1. The predicted molar refractivity (Wildman–Crippen MR) is 80.0 cm³/mol. The zero-order valence-corrected chi connectivity index (χ0v) is 12.8. The summed E-state index contributed by atoms with van der Waals surface area (Å²) < 4.78 is 5.63. The number of nitrogens with one attached hydrogen (secondary N) is 2. The lowest BCUT2D eigenvalue weighted by Gasteiger charge is -2.47. The summed E-state index contributed by atoms with van der Waals surface area (Å²) >= 11 is 1.64. The SMILES string of the molecule is CC(=O)N[C@H]1[C@H](NC(=O)CCc2ccsc2)[C@@H]2CCO[C@@H]21. The minimum atomic E-state index is -0.0832. The van der Waals surface area contributed by atoms with Crippen LogP contribution in [0.4, 0.5) is 0 Å². The van der Waals surface area contributed by atoms with Crippen LogP contribution in [0.25, 0.3) is 0 Å². The molecule has 0 bridgehead atoms. The van der Waals surface area contributed by atoms with Gasteiger partial charge in [0.15, 0.2) is 0 Å². The smallest absolute Gasteiger partial charge is 0.220 e. The molecule has 0 radical (unpaired) electrons. The van der Waals surface area contributed by atoms with Gasteiger partial charge in [-0.25, -0.2) is 0 Å². The van der Waals surface area contributed by atoms with Crippen molar-refractivity contribution in [1.29, 1.82) is 0 Å². The van der Waals surface area contributed by atoms with E-state index in [1.807, 2.05) is 11.4 Å². The number of hydrogen-bond donors (Lipinski definition) is 2. The van der Waals surface area contributed by atoms with Gasteiger partial charge >= 0.3 is 0 Å². The van der Waals surface area contributed by atoms with E-state index >= 15 is 0 Å². The number of thiophene rings is 1. The molecule has 2 aliphatic rings. The van der Waals surface area contributed by atoms with E-state index in [9.17, 15) is 9.59 Å². The third-order valence-corrected chi connectivity index (χ3v) is 5.04. The van der Waals surface area contributed by atoms with E-state index in [-0.39, 0.29) is 30.0 Å². The molecule has 2 heterocycles. The lowest BCUT2D eigenvalue weighted by Crippen LogP contribution is -2.70. The molecule has 2 fully saturated rings. The summed E-state index contributed by atoms with van der Waals surface area (Å²) in [4.78, 5) is 23.4. The van der Waals surface area contributed by atoms with E-state index in [0.717, 1.165) is 12.8 Å². The van der Waals surface area contributed by atoms with E-state index in [4.69, 9.17) is 4.74 Å². The molecule has 6 heteroatoms. The van der Waals surface area contributed by atoms with Crippen LogP contribution in [0, 0.1) is 5.92 Å². The van der Waals surface area contributed by atoms with Gasteiger partial charge in [-0.3, -0.25) is 9.59 Å². The maximum atomic E-state index is 12.1. The average Bonchev–Trinajstić information content (AvgIpc) is 3.09. The molecule has 3 rings (SSSR count). The highest BCUT2D eigenvalue weighted by Crippen LogP contribution is 2.39. The maximum Gasteiger partial charge on any atom is 0.220 e. The summed E-state index contributed by atoms with van der Waals surface area (Å²) in [5, 5.41) is 10.1. The second-order valence-corrected chi connectivity index (χ2v) is 6.52. The normalized spacial score (nSPS) is 30.3. The molecule has 2 N–H and O–H groups in total. The third kappa shape index (κ3) is 3.11. The second kappa shape index (κ2) is 6.15. The maximum absolute atomic E-state index is 12.1. The number of carbonyl (C=O) groups is 2. The molecule has 2 amide bonds. The lowest BCUT2D eigenvalue weighted by molar-refractivity contribution is -0.130. The summed E-state index contributed by atoms with van der Waals surface area (Å²) in [5.74, 6) is 0.310. The second-order valence-electron chi connectivity index (χ2n) is 5.74. The zero-order valence-electron chi connectivity index (χ0n) is 12.0. The quantitative estimate of drug-likeness (QED) is 0.855. The Bertz CT molecular complexity index is 517. The van der Waals surface area contributed by atoms with Gasteiger partial charge in [0.25, 0.3) is 0 Å². The zero-order chi connectivity index (χ0) is 14.8. The fraction of sp³-hybridized carbons (Fsp3) is 0.600. The number of carbonyl (C=O) groups excluding carboxylic acids is 2. The van der Waals surface area contributed by atoms with E-state index in [1.54, 1.807) is 11.3 Å². The van der Waals surface area contributed by atoms with Gasteiger partial charge in [0.05, 0.1) is 18.2 Å². The van der Waals surface area contributed by atoms with Crippen molar-refractivity contribution in [2.24, 2.45) is 5.92 Å². The van der Waals surface area contributed by atoms with E-state index in [2.05, 4.69) is 16.0 Å². The molecule has 1 saturated carbocycles. The summed E-state index contributed by atoms with van der Waals surface area (Å²) in [7, 11) is 0. The van der Waals surface area contributed by atoms with E-state index in [0.29, 0.717) is 18.9 Å². The molecule has 4 atom stereocenters. The molecule has 0 aromatic carbocycles. The van der Waals surface area contributed by atoms with Crippen molar-refractivity contribution in [1.82, 2.24) is 10.6 Å². The number of fused-ring (bicyclic) bond motifs is 1. The van der Waals surface area contributed by atoms with Crippen LogP contribution in [-0.4, -0.2) is 36.6 Å². The Morgan fingerprint density at radius 3 is 2.95 bits per heavy atom. The molecule has 114 valence electrons. The molecule has 5 nitrogen and oxygen atoms in total. The molecular weight excluding hydrogens is 288 g/mol. The Balaban J connectivity index is 1.52. The average molecular weight is 308 g/mol. The van der Waals surface area contributed by atoms with Crippen LogP contribution in [0.2, 0.25) is 0 Å². The van der Waals surface area contributed by atoms with Gasteiger partial charge in [-0.15, -0.1) is 0 Å². The Morgan fingerprint density at radius 1 is 1.38 bits per heavy atom. The van der Waals surface area contributed by atoms with Gasteiger partial charge < -0.3 is 15.4 Å².